The molecule has 0 aliphatic carbocycles. The number of sulfonamides is 1. The summed E-state index contributed by atoms with van der Waals surface area (Å²) in [7, 11) is -4.11. The van der Waals surface area contributed by atoms with Crippen LogP contribution in [0.1, 0.15) is 25.7 Å². The first-order valence-electron chi connectivity index (χ1n) is 11.0. The van der Waals surface area contributed by atoms with Crippen molar-refractivity contribution in [2.75, 3.05) is 46.0 Å². The lowest BCUT2D eigenvalue weighted by Crippen LogP contribution is -2.51. The van der Waals surface area contributed by atoms with Crippen LogP contribution in [0.5, 0.6) is 0 Å². The van der Waals surface area contributed by atoms with Gasteiger partial charge in [0.15, 0.2) is 0 Å². The van der Waals surface area contributed by atoms with Gasteiger partial charge in [0.25, 0.3) is 0 Å². The van der Waals surface area contributed by atoms with Gasteiger partial charge in [-0.25, -0.2) is 17.5 Å². The number of amides is 1. The topological polar surface area (TPSA) is 117 Å². The van der Waals surface area contributed by atoms with E-state index in [4.69, 9.17) is 9.47 Å². The molecule has 0 radical (unpaired) electrons. The Kier molecular flexibility index (Phi) is 9.38. The van der Waals surface area contributed by atoms with Crippen LogP contribution in [0.2, 0.25) is 0 Å². The van der Waals surface area contributed by atoms with Crippen LogP contribution in [0.3, 0.4) is 0 Å². The smallest absolute Gasteiger partial charge is 0.243 e. The van der Waals surface area contributed by atoms with Gasteiger partial charge in [-0.15, -0.1) is 0 Å². The Bertz CT molecular complexity index is 850. The molecule has 9 nitrogen and oxygen atoms in total. The number of carbonyl (C=O) groups excluding carboxylic acids is 1. The molecule has 1 aromatic carbocycles. The van der Waals surface area contributed by atoms with E-state index in [1.807, 2.05) is 0 Å². The number of halogens is 1. The van der Waals surface area contributed by atoms with Crippen molar-refractivity contribution in [3.05, 3.63) is 30.1 Å². The number of benzene rings is 1. The number of nitrogens with one attached hydrogen (secondary N) is 2. The molecular weight excluding hydrogens is 441 g/mol. The first-order valence-corrected chi connectivity index (χ1v) is 12.5. The second-order valence-corrected chi connectivity index (χ2v) is 9.76. The van der Waals surface area contributed by atoms with E-state index in [0.717, 1.165) is 45.3 Å². The van der Waals surface area contributed by atoms with Crippen LogP contribution in [0, 0.1) is 5.82 Å². The van der Waals surface area contributed by atoms with Gasteiger partial charge in [0.05, 0.1) is 44.5 Å². The summed E-state index contributed by atoms with van der Waals surface area (Å²) in [4.78, 5) is 14.1. The van der Waals surface area contributed by atoms with Crippen LogP contribution < -0.4 is 10.0 Å². The molecule has 3 rings (SSSR count). The third kappa shape index (κ3) is 7.19. The minimum absolute atomic E-state index is 0.140. The number of morpholine rings is 1. The summed E-state index contributed by atoms with van der Waals surface area (Å²) in [6, 6.07) is 4.39. The summed E-state index contributed by atoms with van der Waals surface area (Å²) in [5.41, 5.74) is 0. The van der Waals surface area contributed by atoms with E-state index in [2.05, 4.69) is 14.9 Å². The molecule has 3 N–H and O–H groups in total. The Morgan fingerprint density at radius 1 is 1.22 bits per heavy atom. The van der Waals surface area contributed by atoms with Gasteiger partial charge in [-0.2, -0.15) is 0 Å². The van der Waals surface area contributed by atoms with E-state index >= 15 is 0 Å². The molecule has 2 fully saturated rings. The predicted octanol–water partition coefficient (Wildman–Crippen LogP) is 0.241. The number of ether oxygens (including phenoxy) is 2. The Morgan fingerprint density at radius 2 is 1.97 bits per heavy atom. The van der Waals surface area contributed by atoms with Gasteiger partial charge in [-0.3, -0.25) is 9.69 Å². The molecule has 0 spiro atoms. The zero-order chi connectivity index (χ0) is 23.0. The lowest BCUT2D eigenvalue weighted by molar-refractivity contribution is -0.130. The van der Waals surface area contributed by atoms with Gasteiger partial charge in [-0.05, 0) is 37.9 Å². The largest absolute Gasteiger partial charge is 0.394 e. The molecule has 180 valence electrons. The zero-order valence-corrected chi connectivity index (χ0v) is 18.9. The van der Waals surface area contributed by atoms with Crippen molar-refractivity contribution in [1.29, 1.82) is 0 Å². The molecule has 1 amide bonds. The summed E-state index contributed by atoms with van der Waals surface area (Å²) < 4.78 is 52.5. The highest BCUT2D eigenvalue weighted by molar-refractivity contribution is 7.89. The van der Waals surface area contributed by atoms with E-state index in [1.165, 1.54) is 18.2 Å². The number of aliphatic hydroxyl groups is 1. The molecular formula is C21H32FN3O6S. The average molecular weight is 474 g/mol. The van der Waals surface area contributed by atoms with E-state index in [-0.39, 0.29) is 12.3 Å². The average Bonchev–Trinajstić information content (AvgIpc) is 2.78. The van der Waals surface area contributed by atoms with Crippen LogP contribution in [-0.2, 0) is 24.3 Å². The third-order valence-corrected chi connectivity index (χ3v) is 7.24. The lowest BCUT2D eigenvalue weighted by Gasteiger charge is -2.35. The molecule has 2 aliphatic rings. The van der Waals surface area contributed by atoms with Gasteiger partial charge in [0, 0.05) is 19.6 Å². The minimum atomic E-state index is -4.11. The molecule has 0 saturated carbocycles. The molecule has 0 bridgehead atoms. The summed E-state index contributed by atoms with van der Waals surface area (Å²) >= 11 is 0. The molecule has 11 heteroatoms. The summed E-state index contributed by atoms with van der Waals surface area (Å²) in [6.07, 6.45) is 0.567. The second kappa shape index (κ2) is 12.0. The van der Waals surface area contributed by atoms with Crippen LogP contribution in [0.15, 0.2) is 29.2 Å². The monoisotopic (exact) mass is 473 g/mol. The Morgan fingerprint density at radius 3 is 2.69 bits per heavy atom. The van der Waals surface area contributed by atoms with Crippen LogP contribution in [0.25, 0.3) is 0 Å². The van der Waals surface area contributed by atoms with Gasteiger partial charge >= 0.3 is 0 Å². The number of rotatable bonds is 10. The highest BCUT2D eigenvalue weighted by Gasteiger charge is 2.35. The maximum absolute atomic E-state index is 13.9. The minimum Gasteiger partial charge on any atom is -0.394 e. The summed E-state index contributed by atoms with van der Waals surface area (Å²) in [5.74, 6) is -0.987. The predicted molar refractivity (Wildman–Crippen MR) is 115 cm³/mol. The number of carbonyl (C=O) groups is 1. The van der Waals surface area contributed by atoms with Crippen molar-refractivity contribution in [3.63, 3.8) is 0 Å². The number of nitrogens with zero attached hydrogens (tertiary/aromatic N) is 1. The van der Waals surface area contributed by atoms with Gasteiger partial charge in [0.2, 0.25) is 15.9 Å². The molecule has 2 heterocycles. The summed E-state index contributed by atoms with van der Waals surface area (Å²) in [5, 5.41) is 12.6. The Labute approximate surface area is 188 Å². The van der Waals surface area contributed by atoms with E-state index < -0.39 is 45.6 Å². The van der Waals surface area contributed by atoms with Gasteiger partial charge in [0.1, 0.15) is 10.7 Å². The molecule has 0 aromatic heterocycles. The fourth-order valence-corrected chi connectivity index (χ4v) is 5.35. The zero-order valence-electron chi connectivity index (χ0n) is 18.0. The van der Waals surface area contributed by atoms with Crippen LogP contribution in [0.4, 0.5) is 4.39 Å². The Balaban J connectivity index is 1.42. The first kappa shape index (κ1) is 25.0. The van der Waals surface area contributed by atoms with E-state index in [9.17, 15) is 22.7 Å². The molecule has 1 aromatic rings. The van der Waals surface area contributed by atoms with Crippen molar-refractivity contribution in [1.82, 2.24) is 14.9 Å². The fourth-order valence-electron chi connectivity index (χ4n) is 3.98. The van der Waals surface area contributed by atoms with E-state index in [0.29, 0.717) is 19.4 Å². The van der Waals surface area contributed by atoms with Gasteiger partial charge in [-0.1, -0.05) is 12.1 Å². The maximum atomic E-state index is 13.9. The van der Waals surface area contributed by atoms with Gasteiger partial charge < -0.3 is 19.9 Å². The van der Waals surface area contributed by atoms with Crippen molar-refractivity contribution >= 4 is 15.9 Å². The maximum Gasteiger partial charge on any atom is 0.243 e. The quantitative estimate of drug-likeness (QED) is 0.417. The molecule has 3 atom stereocenters. The normalized spacial score (nSPS) is 24.9. The van der Waals surface area contributed by atoms with Crippen molar-refractivity contribution in [2.45, 2.75) is 48.8 Å². The fraction of sp³-hybridized carbons (Fsp3) is 0.667. The van der Waals surface area contributed by atoms with Crippen molar-refractivity contribution < 1.29 is 32.2 Å². The molecule has 0 unspecified atom stereocenters. The van der Waals surface area contributed by atoms with Crippen molar-refractivity contribution in [3.8, 4) is 0 Å². The Hall–Kier alpha value is -1.63. The highest BCUT2D eigenvalue weighted by atomic mass is 32.2. The first-order chi connectivity index (χ1) is 15.4. The third-order valence-electron chi connectivity index (χ3n) is 5.72. The number of aliphatic hydroxyl groups excluding tert-OH is 1. The van der Waals surface area contributed by atoms with Crippen LogP contribution in [-0.4, -0.2) is 88.6 Å². The standard InChI is InChI=1S/C21H32FN3O6S/c22-17-4-1-2-5-20(17)32(28,29)24-18-7-6-16(31-19(18)15-26)14-21(27)23-8-3-9-25-10-12-30-13-11-25/h1-2,4-5,16,18-19,24,26H,3,6-15H2,(H,23,27)/t16-,18+,19-/m0/s1. The number of hydrogen-bond acceptors (Lipinski definition) is 7. The number of hydrogen-bond donors (Lipinski definition) is 3. The summed E-state index contributed by atoms with van der Waals surface area (Å²) in [6.45, 7) is 4.37. The van der Waals surface area contributed by atoms with Crippen LogP contribution >= 0.6 is 0 Å². The molecule has 2 saturated heterocycles. The second-order valence-electron chi connectivity index (χ2n) is 8.08. The highest BCUT2D eigenvalue weighted by Crippen LogP contribution is 2.24. The molecule has 2 aliphatic heterocycles. The van der Waals surface area contributed by atoms with E-state index in [1.54, 1.807) is 0 Å². The SMILES string of the molecule is O=C(C[C@@H]1CC[C@@H](NS(=O)(=O)c2ccccc2F)[C@H](CO)O1)NCCCN1CCOCC1. The molecule has 32 heavy (non-hydrogen) atoms. The van der Waals surface area contributed by atoms with Crippen molar-refractivity contribution in [2.24, 2.45) is 0 Å². The lowest BCUT2D eigenvalue weighted by atomic mass is 9.98.